The van der Waals surface area contributed by atoms with E-state index in [1.54, 1.807) is 0 Å². The molecule has 0 aliphatic heterocycles. The third kappa shape index (κ3) is 7.13. The van der Waals surface area contributed by atoms with Crippen LogP contribution in [0, 0.1) is 19.8 Å². The molecule has 1 rings (SSSR count). The van der Waals surface area contributed by atoms with Gasteiger partial charge in [0.05, 0.1) is 0 Å². The first-order valence-electron chi connectivity index (χ1n) is 7.72. The maximum absolute atomic E-state index is 11.6. The van der Waals surface area contributed by atoms with Crippen LogP contribution in [-0.2, 0) is 14.3 Å². The molecule has 0 aromatic heterocycles. The van der Waals surface area contributed by atoms with Gasteiger partial charge in [-0.05, 0) is 30.9 Å². The highest BCUT2D eigenvalue weighted by atomic mass is 16.6. The van der Waals surface area contributed by atoms with Crippen molar-refractivity contribution >= 4 is 17.9 Å². The van der Waals surface area contributed by atoms with E-state index in [0.29, 0.717) is 12.3 Å². The zero-order valence-electron chi connectivity index (χ0n) is 14.5. The molecule has 0 fully saturated rings. The summed E-state index contributed by atoms with van der Waals surface area (Å²) in [6, 6.07) is 5.02. The minimum absolute atomic E-state index is 0.269. The van der Waals surface area contributed by atoms with Gasteiger partial charge in [-0.15, -0.1) is 0 Å². The number of nitrogens with one attached hydrogen (secondary N) is 2. The molecule has 132 valence electrons. The minimum Gasteiger partial charge on any atom is -0.481 e. The number of rotatable bonds is 7. The van der Waals surface area contributed by atoms with Crippen molar-refractivity contribution < 1.29 is 23.9 Å². The Morgan fingerprint density at radius 3 is 2.29 bits per heavy atom. The lowest BCUT2D eigenvalue weighted by atomic mass is 10.1. The molecule has 7 nitrogen and oxygen atoms in total. The molecule has 0 aliphatic rings. The van der Waals surface area contributed by atoms with Crippen LogP contribution in [0.15, 0.2) is 18.2 Å². The molecule has 0 saturated carbocycles. The molecule has 1 aromatic carbocycles. The third-order valence-corrected chi connectivity index (χ3v) is 3.03. The molecule has 0 atom stereocenters. The summed E-state index contributed by atoms with van der Waals surface area (Å²) in [5, 5.41) is 4.60. The lowest BCUT2D eigenvalue weighted by Crippen LogP contribution is -2.42. The average Bonchev–Trinajstić information content (AvgIpc) is 2.50. The van der Waals surface area contributed by atoms with Crippen molar-refractivity contribution in [2.75, 3.05) is 19.8 Å². The Morgan fingerprint density at radius 2 is 1.71 bits per heavy atom. The Morgan fingerprint density at radius 1 is 1.08 bits per heavy atom. The van der Waals surface area contributed by atoms with Crippen molar-refractivity contribution in [1.82, 2.24) is 10.6 Å². The molecular formula is C17H24N2O5. The van der Waals surface area contributed by atoms with Gasteiger partial charge in [0.15, 0.2) is 13.2 Å². The molecule has 24 heavy (non-hydrogen) atoms. The number of benzene rings is 1. The summed E-state index contributed by atoms with van der Waals surface area (Å²) in [4.78, 5) is 34.5. The van der Waals surface area contributed by atoms with E-state index in [0.717, 1.165) is 11.1 Å². The van der Waals surface area contributed by atoms with Gasteiger partial charge in [0.25, 0.3) is 5.91 Å². The van der Waals surface area contributed by atoms with Crippen LogP contribution in [0.1, 0.15) is 25.0 Å². The van der Waals surface area contributed by atoms with E-state index in [1.807, 2.05) is 45.9 Å². The highest BCUT2D eigenvalue weighted by Crippen LogP contribution is 2.22. The fraction of sp³-hybridized carbons (Fsp3) is 0.471. The molecule has 7 heteroatoms. The highest BCUT2D eigenvalue weighted by Gasteiger charge is 2.12. The van der Waals surface area contributed by atoms with Gasteiger partial charge in [-0.2, -0.15) is 0 Å². The summed E-state index contributed by atoms with van der Waals surface area (Å²) < 4.78 is 10.2. The van der Waals surface area contributed by atoms with Gasteiger partial charge < -0.3 is 14.8 Å². The number of hydrogen-bond donors (Lipinski definition) is 2. The smallest absolute Gasteiger partial charge is 0.344 e. The zero-order chi connectivity index (χ0) is 18.1. The molecule has 0 bridgehead atoms. The SMILES string of the molecule is Cc1cccc(C)c1OCC(=O)OCC(=O)NC(=O)NCC(C)C. The predicted octanol–water partition coefficient (Wildman–Crippen LogP) is 1.71. The van der Waals surface area contributed by atoms with Crippen LogP contribution in [0.5, 0.6) is 5.75 Å². The predicted molar refractivity (Wildman–Crippen MR) is 88.7 cm³/mol. The first-order chi connectivity index (χ1) is 11.3. The molecule has 1 aromatic rings. The van der Waals surface area contributed by atoms with Crippen LogP contribution >= 0.6 is 0 Å². The summed E-state index contributed by atoms with van der Waals surface area (Å²) in [5.74, 6) is -0.496. The van der Waals surface area contributed by atoms with Gasteiger partial charge in [0.1, 0.15) is 5.75 Å². The zero-order valence-corrected chi connectivity index (χ0v) is 14.5. The van der Waals surface area contributed by atoms with Crippen LogP contribution in [0.4, 0.5) is 4.79 Å². The number of carbonyl (C=O) groups is 3. The molecule has 3 amide bonds. The average molecular weight is 336 g/mol. The van der Waals surface area contributed by atoms with Gasteiger partial charge in [-0.3, -0.25) is 10.1 Å². The number of hydrogen-bond acceptors (Lipinski definition) is 5. The molecule has 0 aliphatic carbocycles. The Bertz CT molecular complexity index is 578. The Balaban J connectivity index is 2.31. The number of carbonyl (C=O) groups excluding carboxylic acids is 3. The summed E-state index contributed by atoms with van der Waals surface area (Å²) in [5.41, 5.74) is 1.81. The van der Waals surface area contributed by atoms with Crippen LogP contribution in [0.25, 0.3) is 0 Å². The van der Waals surface area contributed by atoms with Crippen molar-refractivity contribution in [3.05, 3.63) is 29.3 Å². The molecule has 0 spiro atoms. The van der Waals surface area contributed by atoms with Gasteiger partial charge in [-0.1, -0.05) is 32.0 Å². The maximum atomic E-state index is 11.6. The monoisotopic (exact) mass is 336 g/mol. The maximum Gasteiger partial charge on any atom is 0.344 e. The number of urea groups is 1. The van der Waals surface area contributed by atoms with Crippen LogP contribution in [-0.4, -0.2) is 37.7 Å². The van der Waals surface area contributed by atoms with E-state index in [-0.39, 0.29) is 12.5 Å². The Kier molecular flexibility index (Phi) is 7.74. The van der Waals surface area contributed by atoms with Crippen molar-refractivity contribution in [3.63, 3.8) is 0 Å². The molecular weight excluding hydrogens is 312 g/mol. The number of amides is 3. The van der Waals surface area contributed by atoms with Crippen molar-refractivity contribution in [3.8, 4) is 5.75 Å². The van der Waals surface area contributed by atoms with Crippen LogP contribution in [0.3, 0.4) is 0 Å². The van der Waals surface area contributed by atoms with E-state index < -0.39 is 24.5 Å². The van der Waals surface area contributed by atoms with E-state index in [4.69, 9.17) is 9.47 Å². The van der Waals surface area contributed by atoms with Crippen LogP contribution < -0.4 is 15.4 Å². The fourth-order valence-corrected chi connectivity index (χ4v) is 1.85. The summed E-state index contributed by atoms with van der Waals surface area (Å²) in [6.07, 6.45) is 0. The number of aryl methyl sites for hydroxylation is 2. The minimum atomic E-state index is -0.698. The Hall–Kier alpha value is -2.57. The fourth-order valence-electron chi connectivity index (χ4n) is 1.85. The quantitative estimate of drug-likeness (QED) is 0.739. The number of para-hydroxylation sites is 1. The topological polar surface area (TPSA) is 93.7 Å². The van der Waals surface area contributed by atoms with E-state index in [2.05, 4.69) is 10.6 Å². The van der Waals surface area contributed by atoms with Gasteiger partial charge in [0.2, 0.25) is 0 Å². The second-order valence-electron chi connectivity index (χ2n) is 5.82. The number of ether oxygens (including phenoxy) is 2. The van der Waals surface area contributed by atoms with Crippen molar-refractivity contribution in [2.24, 2.45) is 5.92 Å². The summed E-state index contributed by atoms with van der Waals surface area (Å²) in [7, 11) is 0. The van der Waals surface area contributed by atoms with Gasteiger partial charge >= 0.3 is 12.0 Å². The van der Waals surface area contributed by atoms with Crippen molar-refractivity contribution in [2.45, 2.75) is 27.7 Å². The van der Waals surface area contributed by atoms with Crippen molar-refractivity contribution in [1.29, 1.82) is 0 Å². The summed E-state index contributed by atoms with van der Waals surface area (Å²) >= 11 is 0. The standard InChI is InChI=1S/C17H24N2O5/c1-11(2)8-18-17(22)19-14(20)9-23-15(21)10-24-16-12(3)6-5-7-13(16)4/h5-7,11H,8-10H2,1-4H3,(H2,18,19,20,22). The molecule has 0 unspecified atom stereocenters. The van der Waals surface area contributed by atoms with Crippen LogP contribution in [0.2, 0.25) is 0 Å². The molecule has 0 saturated heterocycles. The third-order valence-electron chi connectivity index (χ3n) is 3.03. The van der Waals surface area contributed by atoms with Gasteiger partial charge in [-0.25, -0.2) is 9.59 Å². The highest BCUT2D eigenvalue weighted by molar-refractivity contribution is 5.95. The lowest BCUT2D eigenvalue weighted by molar-refractivity contribution is -0.150. The van der Waals surface area contributed by atoms with E-state index >= 15 is 0 Å². The first kappa shape index (κ1) is 19.5. The van der Waals surface area contributed by atoms with Gasteiger partial charge in [0, 0.05) is 6.54 Å². The van der Waals surface area contributed by atoms with E-state index in [9.17, 15) is 14.4 Å². The molecule has 2 N–H and O–H groups in total. The van der Waals surface area contributed by atoms with E-state index in [1.165, 1.54) is 0 Å². The first-order valence-corrected chi connectivity index (χ1v) is 7.72. The second-order valence-corrected chi connectivity index (χ2v) is 5.82. The number of imide groups is 1. The Labute approximate surface area is 141 Å². The largest absolute Gasteiger partial charge is 0.481 e. The lowest BCUT2D eigenvalue weighted by Gasteiger charge is -2.11. The molecule has 0 radical (unpaired) electrons. The normalized spacial score (nSPS) is 10.2. The summed E-state index contributed by atoms with van der Waals surface area (Å²) in [6.45, 7) is 7.21. The molecule has 0 heterocycles. The number of esters is 1. The second kappa shape index (κ2) is 9.54.